The van der Waals surface area contributed by atoms with Gasteiger partial charge in [0.2, 0.25) is 0 Å². The summed E-state index contributed by atoms with van der Waals surface area (Å²) in [4.78, 5) is 0. The maximum atomic E-state index is 6.38. The molecule has 0 bridgehead atoms. The molecule has 1 aliphatic rings. The van der Waals surface area contributed by atoms with Gasteiger partial charge in [-0.15, -0.1) is 0 Å². The number of aromatic nitrogens is 2. The molecule has 1 fully saturated rings. The van der Waals surface area contributed by atoms with Crippen LogP contribution in [0.3, 0.4) is 0 Å². The highest BCUT2D eigenvalue weighted by Gasteiger charge is 2.24. The minimum absolute atomic E-state index is 0.323. The zero-order chi connectivity index (χ0) is 13.1. The van der Waals surface area contributed by atoms with Gasteiger partial charge in [-0.3, -0.25) is 4.68 Å². The van der Waals surface area contributed by atoms with Gasteiger partial charge >= 0.3 is 0 Å². The lowest BCUT2D eigenvalue weighted by Gasteiger charge is -2.21. The van der Waals surface area contributed by atoms with E-state index in [0.29, 0.717) is 12.0 Å². The first-order valence-electron chi connectivity index (χ1n) is 7.10. The molecule has 1 saturated carbocycles. The molecule has 2 atom stereocenters. The molecule has 18 heavy (non-hydrogen) atoms. The first-order valence-corrected chi connectivity index (χ1v) is 7.48. The summed E-state index contributed by atoms with van der Waals surface area (Å²) in [6.07, 6.45) is 7.26. The molecule has 1 heterocycles. The van der Waals surface area contributed by atoms with Gasteiger partial charge in [-0.2, -0.15) is 5.10 Å². The maximum absolute atomic E-state index is 6.38. The lowest BCUT2D eigenvalue weighted by Crippen LogP contribution is -2.31. The van der Waals surface area contributed by atoms with E-state index in [9.17, 15) is 0 Å². The van der Waals surface area contributed by atoms with Gasteiger partial charge in [0.25, 0.3) is 0 Å². The third-order valence-corrected chi connectivity index (χ3v) is 4.62. The summed E-state index contributed by atoms with van der Waals surface area (Å²) in [5.41, 5.74) is 8.42. The number of halogens is 1. The maximum Gasteiger partial charge on any atom is 0.0847 e. The molecule has 1 aromatic rings. The topological polar surface area (TPSA) is 43.8 Å². The molecule has 2 unspecified atom stereocenters. The van der Waals surface area contributed by atoms with Crippen molar-refractivity contribution in [3.63, 3.8) is 0 Å². The molecular formula is C14H24ClN3. The fourth-order valence-corrected chi connectivity index (χ4v) is 3.19. The molecule has 2 N–H and O–H groups in total. The number of rotatable bonds is 3. The molecule has 0 aliphatic heterocycles. The number of hydrogen-bond donors (Lipinski definition) is 1. The van der Waals surface area contributed by atoms with E-state index in [0.717, 1.165) is 30.1 Å². The van der Waals surface area contributed by atoms with Crippen LogP contribution in [-0.2, 0) is 13.0 Å². The molecule has 3 nitrogen and oxygen atoms in total. The SMILES string of the molecule is CCn1nc(C)c(Cl)c1CC1CCCCCC1N. The van der Waals surface area contributed by atoms with Crippen molar-refractivity contribution in [2.45, 2.75) is 65.0 Å². The Morgan fingerprint density at radius 2 is 2.06 bits per heavy atom. The van der Waals surface area contributed by atoms with Crippen LogP contribution in [0, 0.1) is 12.8 Å². The van der Waals surface area contributed by atoms with E-state index in [1.807, 2.05) is 11.6 Å². The molecule has 0 spiro atoms. The van der Waals surface area contributed by atoms with Crippen LogP contribution in [0.1, 0.15) is 50.4 Å². The number of nitrogens with zero attached hydrogens (tertiary/aromatic N) is 2. The largest absolute Gasteiger partial charge is 0.327 e. The van der Waals surface area contributed by atoms with Gasteiger partial charge in [0.05, 0.1) is 16.4 Å². The summed E-state index contributed by atoms with van der Waals surface area (Å²) in [6, 6.07) is 0.323. The molecule has 0 aromatic carbocycles. The van der Waals surface area contributed by atoms with Crippen molar-refractivity contribution >= 4 is 11.6 Å². The molecule has 1 aromatic heterocycles. The first-order chi connectivity index (χ1) is 8.63. The quantitative estimate of drug-likeness (QED) is 0.856. The van der Waals surface area contributed by atoms with Crippen molar-refractivity contribution in [2.75, 3.05) is 0 Å². The van der Waals surface area contributed by atoms with Crippen LogP contribution in [-0.4, -0.2) is 15.8 Å². The van der Waals surface area contributed by atoms with E-state index in [4.69, 9.17) is 17.3 Å². The average molecular weight is 270 g/mol. The van der Waals surface area contributed by atoms with Crippen LogP contribution in [0.25, 0.3) is 0 Å². The minimum atomic E-state index is 0.323. The predicted octanol–water partition coefficient (Wildman–Crippen LogP) is 3.31. The molecule has 4 heteroatoms. The number of aryl methyl sites for hydroxylation is 2. The van der Waals surface area contributed by atoms with E-state index in [-0.39, 0.29) is 0 Å². The second-order valence-corrected chi connectivity index (χ2v) is 5.81. The van der Waals surface area contributed by atoms with Gasteiger partial charge in [0.15, 0.2) is 0 Å². The van der Waals surface area contributed by atoms with Gasteiger partial charge in [-0.05, 0) is 39.0 Å². The lowest BCUT2D eigenvalue weighted by molar-refractivity contribution is 0.384. The Kier molecular flexibility index (Phi) is 4.68. The van der Waals surface area contributed by atoms with Crippen molar-refractivity contribution in [2.24, 2.45) is 11.7 Å². The molecular weight excluding hydrogens is 246 g/mol. The van der Waals surface area contributed by atoms with Crippen LogP contribution in [0.5, 0.6) is 0 Å². The van der Waals surface area contributed by atoms with E-state index in [1.54, 1.807) is 0 Å². The summed E-state index contributed by atoms with van der Waals surface area (Å²) in [6.45, 7) is 4.97. The normalized spacial score (nSPS) is 25.1. The fraction of sp³-hybridized carbons (Fsp3) is 0.786. The van der Waals surface area contributed by atoms with Crippen LogP contribution in [0.15, 0.2) is 0 Å². The second kappa shape index (κ2) is 6.07. The molecule has 0 saturated heterocycles. The van der Waals surface area contributed by atoms with E-state index in [1.165, 1.54) is 31.4 Å². The zero-order valence-corrected chi connectivity index (χ0v) is 12.2. The lowest BCUT2D eigenvalue weighted by atomic mass is 9.90. The van der Waals surface area contributed by atoms with Crippen LogP contribution >= 0.6 is 11.6 Å². The van der Waals surface area contributed by atoms with E-state index < -0.39 is 0 Å². The average Bonchev–Trinajstić information content (AvgIpc) is 2.53. The second-order valence-electron chi connectivity index (χ2n) is 5.43. The van der Waals surface area contributed by atoms with Crippen molar-refractivity contribution in [1.82, 2.24) is 9.78 Å². The first kappa shape index (κ1) is 13.9. The van der Waals surface area contributed by atoms with Gasteiger partial charge in [-0.25, -0.2) is 0 Å². The standard InChI is InChI=1S/C14H24ClN3/c1-3-18-13(14(15)10(2)17-18)9-11-7-5-4-6-8-12(11)16/h11-12H,3-9,16H2,1-2H3. The van der Waals surface area contributed by atoms with Crippen LogP contribution in [0.2, 0.25) is 5.02 Å². The smallest absolute Gasteiger partial charge is 0.0847 e. The van der Waals surface area contributed by atoms with Crippen molar-refractivity contribution < 1.29 is 0 Å². The van der Waals surface area contributed by atoms with Crippen molar-refractivity contribution in [3.8, 4) is 0 Å². The molecule has 102 valence electrons. The summed E-state index contributed by atoms with van der Waals surface area (Å²) in [7, 11) is 0. The molecule has 2 rings (SSSR count). The Morgan fingerprint density at radius 1 is 1.33 bits per heavy atom. The Hall–Kier alpha value is -0.540. The molecule has 1 aliphatic carbocycles. The summed E-state index contributed by atoms with van der Waals surface area (Å²) >= 11 is 6.38. The fourth-order valence-electron chi connectivity index (χ4n) is 2.98. The van der Waals surface area contributed by atoms with Gasteiger partial charge < -0.3 is 5.73 Å². The summed E-state index contributed by atoms with van der Waals surface area (Å²) < 4.78 is 2.04. The van der Waals surface area contributed by atoms with Crippen LogP contribution < -0.4 is 5.73 Å². The predicted molar refractivity (Wildman–Crippen MR) is 75.9 cm³/mol. The number of nitrogens with two attached hydrogens (primary N) is 1. The Bertz CT molecular complexity index is 400. The van der Waals surface area contributed by atoms with E-state index in [2.05, 4.69) is 12.0 Å². The van der Waals surface area contributed by atoms with Crippen molar-refractivity contribution in [3.05, 3.63) is 16.4 Å². The summed E-state index contributed by atoms with van der Waals surface area (Å²) in [5, 5.41) is 5.33. The third-order valence-electron chi connectivity index (χ3n) is 4.13. The Balaban J connectivity index is 2.16. The van der Waals surface area contributed by atoms with Gasteiger partial charge in [0, 0.05) is 12.6 Å². The van der Waals surface area contributed by atoms with Crippen LogP contribution in [0.4, 0.5) is 0 Å². The van der Waals surface area contributed by atoms with Gasteiger partial charge in [0.1, 0.15) is 0 Å². The minimum Gasteiger partial charge on any atom is -0.327 e. The highest BCUT2D eigenvalue weighted by molar-refractivity contribution is 6.31. The van der Waals surface area contributed by atoms with Gasteiger partial charge in [-0.1, -0.05) is 30.9 Å². The molecule has 0 radical (unpaired) electrons. The Labute approximate surface area is 115 Å². The number of hydrogen-bond acceptors (Lipinski definition) is 2. The van der Waals surface area contributed by atoms with E-state index >= 15 is 0 Å². The Morgan fingerprint density at radius 3 is 2.78 bits per heavy atom. The highest BCUT2D eigenvalue weighted by atomic mass is 35.5. The third kappa shape index (κ3) is 2.89. The van der Waals surface area contributed by atoms with Crippen molar-refractivity contribution in [1.29, 1.82) is 0 Å². The monoisotopic (exact) mass is 269 g/mol. The zero-order valence-electron chi connectivity index (χ0n) is 11.5. The summed E-state index contributed by atoms with van der Waals surface area (Å²) in [5.74, 6) is 0.561. The molecule has 0 amide bonds. The highest BCUT2D eigenvalue weighted by Crippen LogP contribution is 2.29.